The highest BCUT2D eigenvalue weighted by atomic mass is 16.1. The molecule has 6 nitrogen and oxygen atoms in total. The van der Waals surface area contributed by atoms with Gasteiger partial charge in [-0.05, 0) is 47.5 Å². The van der Waals surface area contributed by atoms with Gasteiger partial charge in [-0.15, -0.1) is 0 Å². The molecule has 1 aliphatic heterocycles. The molecule has 1 aromatic heterocycles. The van der Waals surface area contributed by atoms with Crippen molar-refractivity contribution in [2.24, 2.45) is 0 Å². The van der Waals surface area contributed by atoms with E-state index < -0.39 is 6.04 Å². The molecule has 1 atom stereocenters. The second kappa shape index (κ2) is 7.79. The quantitative estimate of drug-likeness (QED) is 0.551. The number of anilines is 2. The number of nitrogens with two attached hydrogens (primary N) is 1. The number of nitrogens with zero attached hydrogens (tertiary/aromatic N) is 4. The average molecular weight is 379 g/mol. The van der Waals surface area contributed by atoms with E-state index in [1.54, 1.807) is 42.7 Å². The molecule has 1 aliphatic rings. The van der Waals surface area contributed by atoms with E-state index in [0.29, 0.717) is 28.2 Å². The van der Waals surface area contributed by atoms with Gasteiger partial charge in [0.15, 0.2) is 5.82 Å². The molecule has 0 amide bonds. The Hall–Kier alpha value is -4.24. The van der Waals surface area contributed by atoms with Crippen molar-refractivity contribution < 1.29 is 4.79 Å². The van der Waals surface area contributed by atoms with Gasteiger partial charge in [0.05, 0.1) is 11.6 Å². The standard InChI is InChI=1S/C23H17N5O/c24-13-16-5-1-2-8-20(16)21-11-17(23-26-9-4-10-27-23)14-28(22(21)15-29)19-7-3-6-18(25)12-19/h1-12,14-15,22H,25H2. The molecule has 0 fully saturated rings. The van der Waals surface area contributed by atoms with Crippen molar-refractivity contribution in [3.05, 3.63) is 96.2 Å². The molecule has 0 saturated heterocycles. The number of nitriles is 1. The minimum absolute atomic E-state index is 0.494. The van der Waals surface area contributed by atoms with Gasteiger partial charge in [-0.1, -0.05) is 24.3 Å². The van der Waals surface area contributed by atoms with Crippen molar-refractivity contribution in [3.8, 4) is 6.07 Å². The maximum atomic E-state index is 12.2. The van der Waals surface area contributed by atoms with Crippen molar-refractivity contribution in [3.63, 3.8) is 0 Å². The molecule has 0 spiro atoms. The minimum atomic E-state index is -0.626. The van der Waals surface area contributed by atoms with Crippen LogP contribution in [0.25, 0.3) is 11.1 Å². The van der Waals surface area contributed by atoms with Gasteiger partial charge in [0.2, 0.25) is 0 Å². The number of nitrogen functional groups attached to an aromatic ring is 1. The van der Waals surface area contributed by atoms with Crippen LogP contribution in [0.15, 0.2) is 79.3 Å². The lowest BCUT2D eigenvalue weighted by Crippen LogP contribution is -2.36. The molecule has 2 heterocycles. The average Bonchev–Trinajstić information content (AvgIpc) is 2.78. The number of aromatic nitrogens is 2. The largest absolute Gasteiger partial charge is 0.399 e. The van der Waals surface area contributed by atoms with Crippen molar-refractivity contribution in [1.82, 2.24) is 9.97 Å². The van der Waals surface area contributed by atoms with Crippen LogP contribution in [0.5, 0.6) is 0 Å². The lowest BCUT2D eigenvalue weighted by atomic mass is 9.90. The molecule has 2 N–H and O–H groups in total. The second-order valence-corrected chi connectivity index (χ2v) is 6.50. The first-order chi connectivity index (χ1) is 14.2. The molecule has 140 valence electrons. The fourth-order valence-electron chi connectivity index (χ4n) is 3.37. The first-order valence-corrected chi connectivity index (χ1v) is 9.01. The van der Waals surface area contributed by atoms with Crippen molar-refractivity contribution in [2.75, 3.05) is 10.6 Å². The number of hydrogen-bond acceptors (Lipinski definition) is 6. The van der Waals surface area contributed by atoms with Crippen LogP contribution >= 0.6 is 0 Å². The van der Waals surface area contributed by atoms with Gasteiger partial charge in [-0.3, -0.25) is 0 Å². The fourth-order valence-corrected chi connectivity index (χ4v) is 3.37. The summed E-state index contributed by atoms with van der Waals surface area (Å²) in [5.74, 6) is 0.526. The number of rotatable bonds is 4. The predicted octanol–water partition coefficient (Wildman–Crippen LogP) is 3.44. The molecule has 0 bridgehead atoms. The highest BCUT2D eigenvalue weighted by molar-refractivity contribution is 5.98. The number of allylic oxidation sites excluding steroid dienone is 2. The van der Waals surface area contributed by atoms with E-state index in [2.05, 4.69) is 16.0 Å². The third-order valence-electron chi connectivity index (χ3n) is 4.69. The van der Waals surface area contributed by atoms with Crippen LogP contribution in [-0.2, 0) is 4.79 Å². The van der Waals surface area contributed by atoms with Crippen LogP contribution in [0, 0.1) is 11.3 Å². The Labute approximate surface area is 168 Å². The second-order valence-electron chi connectivity index (χ2n) is 6.50. The molecule has 2 aromatic carbocycles. The van der Waals surface area contributed by atoms with Crippen LogP contribution in [0.4, 0.5) is 11.4 Å². The first kappa shape index (κ1) is 18.1. The van der Waals surface area contributed by atoms with Crippen LogP contribution in [0.2, 0.25) is 0 Å². The Morgan fingerprint density at radius 3 is 2.59 bits per heavy atom. The monoisotopic (exact) mass is 379 g/mol. The molecule has 29 heavy (non-hydrogen) atoms. The topological polar surface area (TPSA) is 95.9 Å². The van der Waals surface area contributed by atoms with Gasteiger partial charge in [0.25, 0.3) is 0 Å². The molecule has 0 radical (unpaired) electrons. The molecular weight excluding hydrogens is 362 g/mol. The summed E-state index contributed by atoms with van der Waals surface area (Å²) in [6.45, 7) is 0. The Balaban J connectivity index is 1.93. The molecule has 0 saturated carbocycles. The van der Waals surface area contributed by atoms with Crippen LogP contribution in [-0.4, -0.2) is 22.3 Å². The van der Waals surface area contributed by atoms with Crippen LogP contribution in [0.3, 0.4) is 0 Å². The Bertz CT molecular complexity index is 1160. The van der Waals surface area contributed by atoms with Crippen LogP contribution in [0.1, 0.15) is 17.0 Å². The van der Waals surface area contributed by atoms with E-state index in [0.717, 1.165) is 17.5 Å². The number of carbonyl (C=O) groups is 1. The first-order valence-electron chi connectivity index (χ1n) is 9.01. The number of benzene rings is 2. The van der Waals surface area contributed by atoms with E-state index in [-0.39, 0.29) is 0 Å². The molecular formula is C23H17N5O. The summed E-state index contributed by atoms with van der Waals surface area (Å²) in [4.78, 5) is 22.7. The van der Waals surface area contributed by atoms with Gasteiger partial charge < -0.3 is 15.4 Å². The lowest BCUT2D eigenvalue weighted by Gasteiger charge is -2.33. The molecule has 3 aromatic rings. The maximum Gasteiger partial charge on any atom is 0.160 e. The summed E-state index contributed by atoms with van der Waals surface area (Å²) in [5, 5.41) is 9.58. The van der Waals surface area contributed by atoms with Gasteiger partial charge in [-0.2, -0.15) is 5.26 Å². The summed E-state index contributed by atoms with van der Waals surface area (Å²) in [5.41, 5.74) is 9.94. The fraction of sp³-hybridized carbons (Fsp3) is 0.0435. The zero-order valence-electron chi connectivity index (χ0n) is 15.4. The summed E-state index contributed by atoms with van der Waals surface area (Å²) in [7, 11) is 0. The Kier molecular flexibility index (Phi) is 4.87. The van der Waals surface area contributed by atoms with Crippen LogP contribution < -0.4 is 10.6 Å². The van der Waals surface area contributed by atoms with Gasteiger partial charge in [0.1, 0.15) is 12.3 Å². The van der Waals surface area contributed by atoms with E-state index in [1.807, 2.05) is 41.4 Å². The lowest BCUT2D eigenvalue weighted by molar-refractivity contribution is -0.107. The SMILES string of the molecule is N#Cc1ccccc1C1=CC(c2ncccn2)=CN(c2cccc(N)c2)C1C=O. The summed E-state index contributed by atoms with van der Waals surface area (Å²) >= 11 is 0. The minimum Gasteiger partial charge on any atom is -0.399 e. The number of aldehydes is 1. The Morgan fingerprint density at radius 2 is 1.86 bits per heavy atom. The van der Waals surface area contributed by atoms with Crippen molar-refractivity contribution >= 4 is 28.8 Å². The van der Waals surface area contributed by atoms with E-state index in [9.17, 15) is 10.1 Å². The molecule has 6 heteroatoms. The maximum absolute atomic E-state index is 12.2. The number of hydrogen-bond donors (Lipinski definition) is 1. The zero-order valence-corrected chi connectivity index (χ0v) is 15.4. The molecule has 1 unspecified atom stereocenters. The normalized spacial score (nSPS) is 15.8. The Morgan fingerprint density at radius 1 is 1.07 bits per heavy atom. The van der Waals surface area contributed by atoms with Gasteiger partial charge in [-0.25, -0.2) is 9.97 Å². The van der Waals surface area contributed by atoms with Gasteiger partial charge in [0, 0.05) is 35.5 Å². The van der Waals surface area contributed by atoms with Crippen molar-refractivity contribution in [1.29, 1.82) is 5.26 Å². The summed E-state index contributed by atoms with van der Waals surface area (Å²) in [6, 6.07) is 17.9. The van der Waals surface area contributed by atoms with Gasteiger partial charge >= 0.3 is 0 Å². The highest BCUT2D eigenvalue weighted by Gasteiger charge is 2.29. The molecule has 4 rings (SSSR count). The van der Waals surface area contributed by atoms with E-state index in [1.165, 1.54) is 0 Å². The highest BCUT2D eigenvalue weighted by Crippen LogP contribution is 2.35. The van der Waals surface area contributed by atoms with Crippen molar-refractivity contribution in [2.45, 2.75) is 6.04 Å². The molecule has 0 aliphatic carbocycles. The summed E-state index contributed by atoms with van der Waals surface area (Å²) < 4.78 is 0. The third-order valence-corrected chi connectivity index (χ3v) is 4.69. The summed E-state index contributed by atoms with van der Waals surface area (Å²) in [6.07, 6.45) is 7.89. The zero-order chi connectivity index (χ0) is 20.2. The number of carbonyl (C=O) groups excluding carboxylic acids is 1. The van der Waals surface area contributed by atoms with E-state index in [4.69, 9.17) is 5.73 Å². The third kappa shape index (κ3) is 3.49. The van der Waals surface area contributed by atoms with E-state index >= 15 is 0 Å². The predicted molar refractivity (Wildman–Crippen MR) is 112 cm³/mol. The smallest absolute Gasteiger partial charge is 0.160 e.